The number of nitrogens with zero attached hydrogens (tertiary/aromatic N) is 3. The highest BCUT2D eigenvalue weighted by Gasteiger charge is 2.32. The Morgan fingerprint density at radius 1 is 1.25 bits per heavy atom. The molecule has 1 unspecified atom stereocenters. The van der Waals surface area contributed by atoms with Crippen LogP contribution in [0.1, 0.15) is 40.5 Å². The number of benzene rings is 1. The van der Waals surface area contributed by atoms with Crippen LogP contribution in [0.25, 0.3) is 0 Å². The second kappa shape index (κ2) is 5.85. The van der Waals surface area contributed by atoms with Gasteiger partial charge in [0.25, 0.3) is 5.91 Å². The first kappa shape index (κ1) is 15.1. The summed E-state index contributed by atoms with van der Waals surface area (Å²) in [6.45, 7) is 3.85. The number of fused-ring (bicyclic) bond motifs is 1. The zero-order valence-corrected chi connectivity index (χ0v) is 14.0. The van der Waals surface area contributed by atoms with Gasteiger partial charge in [-0.25, -0.2) is 0 Å². The number of hydrogen-bond donors (Lipinski definition) is 0. The minimum atomic E-state index is 0.0537. The van der Waals surface area contributed by atoms with Crippen molar-refractivity contribution in [1.82, 2.24) is 14.7 Å². The number of hydrogen-bond acceptors (Lipinski definition) is 4. The second-order valence-corrected chi connectivity index (χ2v) is 6.33. The highest BCUT2D eigenvalue weighted by atomic mass is 16.6. The SMILES string of the molecule is Cc1c(C(=O)N2CCCC2c2ccc3c(c2)OCCO3)cnn1C. The van der Waals surface area contributed by atoms with E-state index in [0.29, 0.717) is 18.8 Å². The molecule has 3 heterocycles. The molecule has 126 valence electrons. The van der Waals surface area contributed by atoms with E-state index in [1.165, 1.54) is 0 Å². The van der Waals surface area contributed by atoms with E-state index in [2.05, 4.69) is 5.10 Å². The number of carbonyl (C=O) groups is 1. The van der Waals surface area contributed by atoms with Crippen LogP contribution in [0, 0.1) is 6.92 Å². The third-order valence-corrected chi connectivity index (χ3v) is 4.93. The van der Waals surface area contributed by atoms with Gasteiger partial charge in [0.1, 0.15) is 13.2 Å². The predicted octanol–water partition coefficient (Wildman–Crippen LogP) is 2.48. The van der Waals surface area contributed by atoms with Crippen molar-refractivity contribution >= 4 is 5.91 Å². The molecule has 1 amide bonds. The van der Waals surface area contributed by atoms with Crippen molar-refractivity contribution in [2.75, 3.05) is 19.8 Å². The van der Waals surface area contributed by atoms with Gasteiger partial charge in [-0.2, -0.15) is 5.10 Å². The van der Waals surface area contributed by atoms with E-state index in [0.717, 1.165) is 42.1 Å². The average Bonchev–Trinajstić information content (AvgIpc) is 3.22. The zero-order valence-electron chi connectivity index (χ0n) is 14.0. The summed E-state index contributed by atoms with van der Waals surface area (Å²) in [5.41, 5.74) is 2.68. The minimum absolute atomic E-state index is 0.0537. The Morgan fingerprint density at radius 3 is 2.79 bits per heavy atom. The molecule has 1 saturated heterocycles. The van der Waals surface area contributed by atoms with Crippen LogP contribution in [-0.4, -0.2) is 40.3 Å². The number of likely N-dealkylation sites (tertiary alicyclic amines) is 1. The molecule has 0 bridgehead atoms. The van der Waals surface area contributed by atoms with Crippen LogP contribution in [0.3, 0.4) is 0 Å². The van der Waals surface area contributed by atoms with Crippen LogP contribution >= 0.6 is 0 Å². The molecule has 0 radical (unpaired) electrons. The van der Waals surface area contributed by atoms with Crippen LogP contribution in [0.4, 0.5) is 0 Å². The molecule has 0 saturated carbocycles. The van der Waals surface area contributed by atoms with E-state index in [1.807, 2.05) is 37.1 Å². The fourth-order valence-electron chi connectivity index (χ4n) is 3.49. The molecular formula is C18H21N3O3. The van der Waals surface area contributed by atoms with Crippen LogP contribution in [0.2, 0.25) is 0 Å². The van der Waals surface area contributed by atoms with Gasteiger partial charge in [0.05, 0.1) is 17.8 Å². The zero-order chi connectivity index (χ0) is 16.7. The number of aromatic nitrogens is 2. The fourth-order valence-corrected chi connectivity index (χ4v) is 3.49. The third-order valence-electron chi connectivity index (χ3n) is 4.93. The lowest BCUT2D eigenvalue weighted by Crippen LogP contribution is -2.31. The average molecular weight is 327 g/mol. The lowest BCUT2D eigenvalue weighted by Gasteiger charge is -2.26. The van der Waals surface area contributed by atoms with Crippen molar-refractivity contribution < 1.29 is 14.3 Å². The molecule has 2 aliphatic heterocycles. The highest BCUT2D eigenvalue weighted by Crippen LogP contribution is 2.38. The van der Waals surface area contributed by atoms with Gasteiger partial charge in [-0.1, -0.05) is 6.07 Å². The van der Waals surface area contributed by atoms with Crippen molar-refractivity contribution in [2.45, 2.75) is 25.8 Å². The maximum Gasteiger partial charge on any atom is 0.257 e. The normalized spacial score (nSPS) is 19.6. The molecule has 2 aromatic rings. The number of rotatable bonds is 2. The minimum Gasteiger partial charge on any atom is -0.486 e. The summed E-state index contributed by atoms with van der Waals surface area (Å²) >= 11 is 0. The van der Waals surface area contributed by atoms with Gasteiger partial charge in [0.15, 0.2) is 11.5 Å². The topological polar surface area (TPSA) is 56.6 Å². The molecular weight excluding hydrogens is 306 g/mol. The largest absolute Gasteiger partial charge is 0.486 e. The van der Waals surface area contributed by atoms with Crippen molar-refractivity contribution in [3.05, 3.63) is 41.2 Å². The van der Waals surface area contributed by atoms with Gasteiger partial charge in [-0.05, 0) is 37.5 Å². The monoisotopic (exact) mass is 327 g/mol. The van der Waals surface area contributed by atoms with Crippen molar-refractivity contribution in [3.8, 4) is 11.5 Å². The Kier molecular flexibility index (Phi) is 3.67. The quantitative estimate of drug-likeness (QED) is 0.850. The van der Waals surface area contributed by atoms with Gasteiger partial charge in [-0.3, -0.25) is 9.48 Å². The molecule has 1 aromatic carbocycles. The van der Waals surface area contributed by atoms with E-state index in [4.69, 9.17) is 9.47 Å². The van der Waals surface area contributed by atoms with Gasteiger partial charge in [0.2, 0.25) is 0 Å². The van der Waals surface area contributed by atoms with Crippen LogP contribution in [-0.2, 0) is 7.05 Å². The van der Waals surface area contributed by atoms with E-state index in [-0.39, 0.29) is 11.9 Å². The van der Waals surface area contributed by atoms with Crippen LogP contribution in [0.15, 0.2) is 24.4 Å². The maximum atomic E-state index is 13.0. The molecule has 2 aliphatic rings. The molecule has 0 N–H and O–H groups in total. The second-order valence-electron chi connectivity index (χ2n) is 6.33. The first-order valence-electron chi connectivity index (χ1n) is 8.34. The number of ether oxygens (including phenoxy) is 2. The van der Waals surface area contributed by atoms with Crippen molar-refractivity contribution in [2.24, 2.45) is 7.05 Å². The molecule has 1 fully saturated rings. The van der Waals surface area contributed by atoms with E-state index in [9.17, 15) is 4.79 Å². The Morgan fingerprint density at radius 2 is 2.04 bits per heavy atom. The Bertz CT molecular complexity index is 784. The summed E-state index contributed by atoms with van der Waals surface area (Å²) in [4.78, 5) is 14.9. The summed E-state index contributed by atoms with van der Waals surface area (Å²) in [7, 11) is 1.86. The van der Waals surface area contributed by atoms with Gasteiger partial charge in [0, 0.05) is 19.3 Å². The Labute approximate surface area is 141 Å². The fraction of sp³-hybridized carbons (Fsp3) is 0.444. The van der Waals surface area contributed by atoms with Gasteiger partial charge < -0.3 is 14.4 Å². The Hall–Kier alpha value is -2.50. The smallest absolute Gasteiger partial charge is 0.257 e. The molecule has 6 nitrogen and oxygen atoms in total. The maximum absolute atomic E-state index is 13.0. The molecule has 24 heavy (non-hydrogen) atoms. The summed E-state index contributed by atoms with van der Waals surface area (Å²) in [6.07, 6.45) is 3.63. The van der Waals surface area contributed by atoms with E-state index in [1.54, 1.807) is 10.9 Å². The predicted molar refractivity (Wildman–Crippen MR) is 88.4 cm³/mol. The van der Waals surface area contributed by atoms with E-state index < -0.39 is 0 Å². The van der Waals surface area contributed by atoms with Crippen molar-refractivity contribution in [3.63, 3.8) is 0 Å². The standard InChI is InChI=1S/C18H21N3O3/c1-12-14(11-19-20(12)2)18(22)21-7-3-4-15(21)13-5-6-16-17(10-13)24-9-8-23-16/h5-6,10-11,15H,3-4,7-9H2,1-2H3. The first-order valence-corrected chi connectivity index (χ1v) is 8.34. The number of aryl methyl sites for hydroxylation is 1. The molecule has 0 spiro atoms. The van der Waals surface area contributed by atoms with Crippen LogP contribution < -0.4 is 9.47 Å². The lowest BCUT2D eigenvalue weighted by atomic mass is 10.0. The summed E-state index contributed by atoms with van der Waals surface area (Å²) < 4.78 is 13.0. The van der Waals surface area contributed by atoms with Crippen LogP contribution in [0.5, 0.6) is 11.5 Å². The Balaban J connectivity index is 1.63. The number of carbonyl (C=O) groups excluding carboxylic acids is 1. The van der Waals surface area contributed by atoms with Gasteiger partial charge >= 0.3 is 0 Å². The highest BCUT2D eigenvalue weighted by molar-refractivity contribution is 5.95. The number of amides is 1. The summed E-state index contributed by atoms with van der Waals surface area (Å²) in [6, 6.07) is 6.08. The molecule has 6 heteroatoms. The molecule has 1 aromatic heterocycles. The lowest BCUT2D eigenvalue weighted by molar-refractivity contribution is 0.0734. The molecule has 4 rings (SSSR count). The van der Waals surface area contributed by atoms with E-state index >= 15 is 0 Å². The third kappa shape index (κ3) is 2.42. The van der Waals surface area contributed by atoms with Gasteiger partial charge in [-0.15, -0.1) is 0 Å². The van der Waals surface area contributed by atoms with Crippen molar-refractivity contribution in [1.29, 1.82) is 0 Å². The molecule has 0 aliphatic carbocycles. The first-order chi connectivity index (χ1) is 11.6. The summed E-state index contributed by atoms with van der Waals surface area (Å²) in [5.74, 6) is 1.61. The summed E-state index contributed by atoms with van der Waals surface area (Å²) in [5, 5.41) is 4.20. The molecule has 1 atom stereocenters.